The Kier molecular flexibility index (Phi) is 8.13. The number of methoxy groups -OCH3 is 1. The highest BCUT2D eigenvalue weighted by Gasteiger charge is 2.52. The van der Waals surface area contributed by atoms with E-state index >= 15 is 0 Å². The fourth-order valence-electron chi connectivity index (χ4n) is 3.13. The highest BCUT2D eigenvalue weighted by Crippen LogP contribution is 2.41. The first-order chi connectivity index (χ1) is 12.6. The van der Waals surface area contributed by atoms with Gasteiger partial charge in [0.1, 0.15) is 11.6 Å². The molecule has 1 aliphatic rings. The van der Waals surface area contributed by atoms with Crippen molar-refractivity contribution in [2.45, 2.75) is 103 Å². The van der Waals surface area contributed by atoms with Crippen LogP contribution in [0.5, 0.6) is 0 Å². The number of aliphatic hydroxyl groups excluding tert-OH is 1. The van der Waals surface area contributed by atoms with Gasteiger partial charge in [-0.15, -0.1) is 0 Å². The van der Waals surface area contributed by atoms with Crippen LogP contribution in [0, 0.1) is 0 Å². The van der Waals surface area contributed by atoms with Crippen LogP contribution in [0.4, 0.5) is 4.79 Å². The molecule has 3 atom stereocenters. The summed E-state index contributed by atoms with van der Waals surface area (Å²) in [5, 5.41) is 9.34. The molecule has 0 aliphatic carbocycles. The van der Waals surface area contributed by atoms with Gasteiger partial charge in [-0.05, 0) is 51.7 Å². The molecule has 8 heteroatoms. The van der Waals surface area contributed by atoms with E-state index in [1.807, 2.05) is 0 Å². The maximum atomic E-state index is 13.0. The molecule has 7 nitrogen and oxygen atoms in total. The third-order valence-electron chi connectivity index (χ3n) is 5.57. The molecule has 0 aromatic carbocycles. The highest BCUT2D eigenvalue weighted by atomic mass is 28.4. The zero-order valence-electron chi connectivity index (χ0n) is 19.0. The van der Waals surface area contributed by atoms with Gasteiger partial charge < -0.3 is 19.0 Å². The fraction of sp³-hybridized carbons (Fsp3) is 0.900. The number of hydrogen-bond acceptors (Lipinski definition) is 6. The summed E-state index contributed by atoms with van der Waals surface area (Å²) in [6, 6.07) is -1.10. The largest absolute Gasteiger partial charge is 0.467 e. The summed E-state index contributed by atoms with van der Waals surface area (Å²) in [5.74, 6) is -0.471. The fourth-order valence-corrected chi connectivity index (χ4v) is 4.50. The average Bonchev–Trinajstić information content (AvgIpc) is 2.87. The van der Waals surface area contributed by atoms with Crippen LogP contribution in [0.15, 0.2) is 0 Å². The molecule has 164 valence electrons. The van der Waals surface area contributed by atoms with Crippen LogP contribution >= 0.6 is 0 Å². The number of likely N-dealkylation sites (tertiary alicyclic amines) is 1. The average molecular weight is 418 g/mol. The van der Waals surface area contributed by atoms with Crippen molar-refractivity contribution in [3.63, 3.8) is 0 Å². The van der Waals surface area contributed by atoms with Gasteiger partial charge in [0.05, 0.1) is 19.3 Å². The Bertz CT molecular complexity index is 552. The van der Waals surface area contributed by atoms with E-state index < -0.39 is 32.0 Å². The van der Waals surface area contributed by atoms with Crippen LogP contribution in [0.2, 0.25) is 18.1 Å². The summed E-state index contributed by atoms with van der Waals surface area (Å²) in [6.07, 6.45) is 0.558. The smallest absolute Gasteiger partial charge is 0.411 e. The normalized spacial score (nSPS) is 23.6. The molecule has 0 unspecified atom stereocenters. The molecule has 1 rings (SSSR count). The van der Waals surface area contributed by atoms with Crippen molar-refractivity contribution in [2.75, 3.05) is 13.7 Å². The summed E-state index contributed by atoms with van der Waals surface area (Å²) in [5.41, 5.74) is -0.683. The van der Waals surface area contributed by atoms with Crippen LogP contribution in [-0.4, -0.2) is 67.9 Å². The predicted octanol–water partition coefficient (Wildman–Crippen LogP) is 3.70. The molecule has 1 fully saturated rings. The first kappa shape index (κ1) is 24.9. The number of hydrogen-bond donors (Lipinski definition) is 1. The van der Waals surface area contributed by atoms with E-state index in [0.29, 0.717) is 19.3 Å². The number of esters is 1. The summed E-state index contributed by atoms with van der Waals surface area (Å²) in [7, 11) is -0.810. The molecular weight excluding hydrogens is 378 g/mol. The van der Waals surface area contributed by atoms with Gasteiger partial charge in [-0.2, -0.15) is 0 Å². The molecule has 0 spiro atoms. The maximum absolute atomic E-state index is 13.0. The Balaban J connectivity index is 3.25. The molecule has 1 aliphatic heterocycles. The van der Waals surface area contributed by atoms with Crippen LogP contribution in [0.3, 0.4) is 0 Å². The third kappa shape index (κ3) is 6.19. The first-order valence-electron chi connectivity index (χ1n) is 10.0. The number of carbonyl (C=O) groups is 2. The SMILES string of the molecule is COC(=O)[C@@H]1C[C@H](O[Si](C)(C)C(C)(C)C)[C@H](CCCO)N1C(=O)OC(C)(C)C. The van der Waals surface area contributed by atoms with E-state index in [4.69, 9.17) is 13.9 Å². The van der Waals surface area contributed by atoms with E-state index in [9.17, 15) is 14.7 Å². The van der Waals surface area contributed by atoms with E-state index in [-0.39, 0.29) is 23.8 Å². The second kappa shape index (κ2) is 9.13. The Morgan fingerprint density at radius 3 is 2.14 bits per heavy atom. The minimum atomic E-state index is -2.13. The Morgan fingerprint density at radius 2 is 1.71 bits per heavy atom. The Morgan fingerprint density at radius 1 is 1.14 bits per heavy atom. The van der Waals surface area contributed by atoms with Crippen molar-refractivity contribution in [3.8, 4) is 0 Å². The van der Waals surface area contributed by atoms with Gasteiger partial charge in [0, 0.05) is 13.0 Å². The molecule has 1 amide bonds. The summed E-state index contributed by atoms with van der Waals surface area (Å²) in [6.45, 7) is 16.1. The van der Waals surface area contributed by atoms with E-state index in [1.165, 1.54) is 12.0 Å². The lowest BCUT2D eigenvalue weighted by Gasteiger charge is -2.40. The zero-order valence-corrected chi connectivity index (χ0v) is 20.0. The predicted molar refractivity (Wildman–Crippen MR) is 111 cm³/mol. The third-order valence-corrected chi connectivity index (χ3v) is 10.1. The van der Waals surface area contributed by atoms with Crippen molar-refractivity contribution in [1.29, 1.82) is 0 Å². The van der Waals surface area contributed by atoms with Crippen LogP contribution < -0.4 is 0 Å². The number of amides is 1. The molecule has 1 saturated heterocycles. The standard InChI is InChI=1S/C20H39NO6Si/c1-19(2,3)26-18(24)21-14(11-10-12-22)16(13-15(21)17(23)25-7)27-28(8,9)20(4,5)6/h14-16,22H,10-13H2,1-9H3/t14-,15-,16-/m0/s1. The van der Waals surface area contributed by atoms with Crippen molar-refractivity contribution < 1.29 is 28.6 Å². The van der Waals surface area contributed by atoms with Gasteiger partial charge >= 0.3 is 12.1 Å². The van der Waals surface area contributed by atoms with Crippen LogP contribution in [-0.2, 0) is 18.7 Å². The van der Waals surface area contributed by atoms with Crippen molar-refractivity contribution >= 4 is 20.4 Å². The number of carbonyl (C=O) groups excluding carboxylic acids is 2. The molecule has 1 N–H and O–H groups in total. The lowest BCUT2D eigenvalue weighted by Crippen LogP contribution is -2.51. The highest BCUT2D eigenvalue weighted by molar-refractivity contribution is 6.74. The van der Waals surface area contributed by atoms with E-state index in [2.05, 4.69) is 33.9 Å². The van der Waals surface area contributed by atoms with Gasteiger partial charge in [-0.25, -0.2) is 9.59 Å². The molecule has 0 saturated carbocycles. The van der Waals surface area contributed by atoms with Gasteiger partial charge in [-0.1, -0.05) is 20.8 Å². The monoisotopic (exact) mass is 417 g/mol. The maximum Gasteiger partial charge on any atom is 0.411 e. The lowest BCUT2D eigenvalue weighted by atomic mass is 10.1. The second-order valence-electron chi connectivity index (χ2n) is 10.0. The lowest BCUT2D eigenvalue weighted by molar-refractivity contribution is -0.146. The Labute approximate surface area is 170 Å². The minimum Gasteiger partial charge on any atom is -0.467 e. The summed E-state index contributed by atoms with van der Waals surface area (Å²) < 4.78 is 17.1. The quantitative estimate of drug-likeness (QED) is 0.524. The van der Waals surface area contributed by atoms with E-state index in [1.54, 1.807) is 20.8 Å². The van der Waals surface area contributed by atoms with Crippen molar-refractivity contribution in [2.24, 2.45) is 0 Å². The molecule has 0 aromatic rings. The molecule has 1 heterocycles. The van der Waals surface area contributed by atoms with Crippen molar-refractivity contribution in [3.05, 3.63) is 0 Å². The van der Waals surface area contributed by atoms with Gasteiger partial charge in [0.15, 0.2) is 8.32 Å². The van der Waals surface area contributed by atoms with Gasteiger partial charge in [0.25, 0.3) is 0 Å². The minimum absolute atomic E-state index is 0.00533. The summed E-state index contributed by atoms with van der Waals surface area (Å²) >= 11 is 0. The molecular formula is C20H39NO6Si. The first-order valence-corrected chi connectivity index (χ1v) is 12.9. The summed E-state index contributed by atoms with van der Waals surface area (Å²) in [4.78, 5) is 26.9. The topological polar surface area (TPSA) is 85.3 Å². The molecule has 28 heavy (non-hydrogen) atoms. The number of ether oxygens (including phenoxy) is 2. The zero-order chi connectivity index (χ0) is 21.9. The van der Waals surface area contributed by atoms with E-state index in [0.717, 1.165) is 0 Å². The Hall–Kier alpha value is -1.12. The molecule has 0 radical (unpaired) electrons. The van der Waals surface area contributed by atoms with Gasteiger partial charge in [-0.3, -0.25) is 4.90 Å². The second-order valence-corrected chi connectivity index (χ2v) is 14.8. The van der Waals surface area contributed by atoms with Crippen LogP contribution in [0.25, 0.3) is 0 Å². The number of aliphatic hydroxyl groups is 1. The van der Waals surface area contributed by atoms with Crippen molar-refractivity contribution in [1.82, 2.24) is 4.90 Å². The molecule has 0 bridgehead atoms. The molecule has 0 aromatic heterocycles. The number of rotatable bonds is 6. The number of nitrogens with zero attached hydrogens (tertiary/aromatic N) is 1. The van der Waals surface area contributed by atoms with Gasteiger partial charge in [0.2, 0.25) is 0 Å². The van der Waals surface area contributed by atoms with Crippen LogP contribution in [0.1, 0.15) is 60.8 Å².